The molecule has 1 N–H and O–H groups in total. The topological polar surface area (TPSA) is 124 Å². The minimum Gasteiger partial charge on any atom is -0.457 e. The van der Waals surface area contributed by atoms with E-state index in [4.69, 9.17) is 21.6 Å². The lowest BCUT2D eigenvalue weighted by Crippen LogP contribution is -2.46. The van der Waals surface area contributed by atoms with Gasteiger partial charge in [0.25, 0.3) is 5.91 Å². The Morgan fingerprint density at radius 1 is 1.12 bits per heavy atom. The SMILES string of the molecule is CC(C)CN(NC(=O)c1ccc(CN2CCN(CCOCCOC(=O)C(F)(F)F)CC2)cc1)c1nc(C#N)ncc1Cl. The molecule has 1 aromatic heterocycles. The van der Waals surface area contributed by atoms with Crippen LogP contribution in [0, 0.1) is 17.2 Å². The van der Waals surface area contributed by atoms with Crippen molar-refractivity contribution in [1.29, 1.82) is 5.26 Å². The van der Waals surface area contributed by atoms with Gasteiger partial charge >= 0.3 is 12.1 Å². The van der Waals surface area contributed by atoms with Gasteiger partial charge in [-0.3, -0.25) is 25.0 Å². The number of hydrogen-bond donors (Lipinski definition) is 1. The Kier molecular flexibility index (Phi) is 12.3. The number of hydrogen-bond acceptors (Lipinski definition) is 10. The van der Waals surface area contributed by atoms with Crippen LogP contribution in [0.4, 0.5) is 19.0 Å². The van der Waals surface area contributed by atoms with E-state index in [9.17, 15) is 22.8 Å². The number of halogens is 4. The zero-order valence-corrected chi connectivity index (χ0v) is 24.1. The summed E-state index contributed by atoms with van der Waals surface area (Å²) in [4.78, 5) is 36.2. The number of ether oxygens (including phenoxy) is 2. The number of esters is 1. The first kappa shape index (κ1) is 33.0. The first-order chi connectivity index (χ1) is 20.0. The monoisotopic (exact) mass is 611 g/mol. The fourth-order valence-electron chi connectivity index (χ4n) is 4.10. The van der Waals surface area contributed by atoms with Gasteiger partial charge in [0.05, 0.1) is 19.4 Å². The molecule has 1 aliphatic heterocycles. The lowest BCUT2D eigenvalue weighted by atomic mass is 10.1. The number of benzene rings is 1. The highest BCUT2D eigenvalue weighted by Gasteiger charge is 2.40. The number of carbonyl (C=O) groups is 2. The van der Waals surface area contributed by atoms with Crippen molar-refractivity contribution in [1.82, 2.24) is 25.2 Å². The summed E-state index contributed by atoms with van der Waals surface area (Å²) in [5, 5.41) is 10.9. The zero-order valence-electron chi connectivity index (χ0n) is 23.4. The molecule has 1 amide bonds. The van der Waals surface area contributed by atoms with Crippen LogP contribution < -0.4 is 10.4 Å². The summed E-state index contributed by atoms with van der Waals surface area (Å²) in [5.74, 6) is -2.20. The number of nitrogens with zero attached hydrogens (tertiary/aromatic N) is 6. The quantitative estimate of drug-likeness (QED) is 0.205. The van der Waals surface area contributed by atoms with E-state index >= 15 is 0 Å². The number of nitriles is 1. The second-order valence-electron chi connectivity index (χ2n) is 9.98. The molecule has 0 spiro atoms. The molecule has 42 heavy (non-hydrogen) atoms. The molecule has 15 heteroatoms. The van der Waals surface area contributed by atoms with Crippen LogP contribution in [0.5, 0.6) is 0 Å². The third-order valence-electron chi connectivity index (χ3n) is 6.20. The van der Waals surface area contributed by atoms with Crippen LogP contribution in [0.2, 0.25) is 5.02 Å². The predicted molar refractivity (Wildman–Crippen MR) is 147 cm³/mol. The van der Waals surface area contributed by atoms with Crippen molar-refractivity contribution in [3.8, 4) is 6.07 Å². The van der Waals surface area contributed by atoms with Gasteiger partial charge in [0.2, 0.25) is 5.82 Å². The van der Waals surface area contributed by atoms with Crippen molar-refractivity contribution in [3.63, 3.8) is 0 Å². The van der Waals surface area contributed by atoms with Gasteiger partial charge in [-0.25, -0.2) is 9.78 Å². The van der Waals surface area contributed by atoms with Crippen molar-refractivity contribution in [2.45, 2.75) is 26.6 Å². The first-order valence-corrected chi connectivity index (χ1v) is 13.7. The summed E-state index contributed by atoms with van der Waals surface area (Å²) in [6.45, 7) is 8.74. The highest BCUT2D eigenvalue weighted by Crippen LogP contribution is 2.22. The third-order valence-corrected chi connectivity index (χ3v) is 6.46. The average Bonchev–Trinajstić information content (AvgIpc) is 2.95. The lowest BCUT2D eigenvalue weighted by molar-refractivity contribution is -0.200. The Balaban J connectivity index is 1.42. The van der Waals surface area contributed by atoms with Crippen LogP contribution in [-0.4, -0.2) is 96.9 Å². The minimum absolute atomic E-state index is 0.0527. The van der Waals surface area contributed by atoms with E-state index in [1.807, 2.05) is 32.0 Å². The van der Waals surface area contributed by atoms with Crippen LogP contribution in [0.25, 0.3) is 0 Å². The van der Waals surface area contributed by atoms with E-state index in [0.717, 1.165) is 31.7 Å². The molecule has 0 radical (unpaired) electrons. The lowest BCUT2D eigenvalue weighted by Gasteiger charge is -2.34. The number of carbonyl (C=O) groups excluding carboxylic acids is 2. The molecule has 3 rings (SSSR count). The predicted octanol–water partition coefficient (Wildman–Crippen LogP) is 3.05. The fourth-order valence-corrected chi connectivity index (χ4v) is 4.29. The Morgan fingerprint density at radius 2 is 1.79 bits per heavy atom. The van der Waals surface area contributed by atoms with E-state index in [2.05, 4.69) is 29.9 Å². The maximum atomic E-state index is 13.0. The maximum Gasteiger partial charge on any atom is 0.490 e. The highest BCUT2D eigenvalue weighted by molar-refractivity contribution is 6.32. The number of anilines is 1. The van der Waals surface area contributed by atoms with Crippen LogP contribution >= 0.6 is 11.6 Å². The molecule has 1 saturated heterocycles. The van der Waals surface area contributed by atoms with Gasteiger partial charge in [-0.2, -0.15) is 23.4 Å². The van der Waals surface area contributed by atoms with Gasteiger partial charge in [0, 0.05) is 51.4 Å². The van der Waals surface area contributed by atoms with E-state index in [1.165, 1.54) is 11.2 Å². The molecule has 0 aliphatic carbocycles. The molecular weight excluding hydrogens is 579 g/mol. The molecule has 1 aromatic carbocycles. The summed E-state index contributed by atoms with van der Waals surface area (Å²) < 4.78 is 45.6. The Hall–Kier alpha value is -3.51. The molecule has 0 atom stereocenters. The molecule has 228 valence electrons. The summed E-state index contributed by atoms with van der Waals surface area (Å²) in [6.07, 6.45) is -3.67. The molecule has 1 fully saturated rings. The van der Waals surface area contributed by atoms with Crippen LogP contribution in [0.15, 0.2) is 30.5 Å². The van der Waals surface area contributed by atoms with Crippen molar-refractivity contribution < 1.29 is 32.2 Å². The fraction of sp³-hybridized carbons (Fsp3) is 0.519. The molecule has 2 aromatic rings. The molecule has 11 nitrogen and oxygen atoms in total. The number of piperazine rings is 1. The first-order valence-electron chi connectivity index (χ1n) is 13.3. The minimum atomic E-state index is -5.00. The average molecular weight is 612 g/mol. The number of aromatic nitrogens is 2. The highest BCUT2D eigenvalue weighted by atomic mass is 35.5. The van der Waals surface area contributed by atoms with Crippen LogP contribution in [0.3, 0.4) is 0 Å². The second kappa shape index (κ2) is 15.6. The smallest absolute Gasteiger partial charge is 0.457 e. The molecular formula is C27H33ClF3N7O4. The van der Waals surface area contributed by atoms with Gasteiger partial charge in [-0.15, -0.1) is 0 Å². The zero-order chi connectivity index (χ0) is 30.7. The molecule has 1 aliphatic rings. The maximum absolute atomic E-state index is 13.0. The summed E-state index contributed by atoms with van der Waals surface area (Å²) in [5.41, 5.74) is 4.34. The number of alkyl halides is 3. The standard InChI is InChI=1S/C27H33ClF3N7O4/c1-19(2)17-38(24-22(28)16-33-23(15-32)34-24)35-25(39)21-5-3-20(4-6-21)18-37-9-7-36(8-10-37)11-12-41-13-14-42-26(40)27(29,30)31/h3-6,16,19H,7-14,17-18H2,1-2H3,(H,35,39). The van der Waals surface area contributed by atoms with Crippen LogP contribution in [0.1, 0.15) is 35.6 Å². The summed E-state index contributed by atoms with van der Waals surface area (Å²) >= 11 is 6.26. The molecule has 0 unspecified atom stereocenters. The van der Waals surface area contributed by atoms with E-state index < -0.39 is 18.8 Å². The van der Waals surface area contributed by atoms with Gasteiger partial charge < -0.3 is 9.47 Å². The molecule has 2 heterocycles. The summed E-state index contributed by atoms with van der Waals surface area (Å²) in [6, 6.07) is 9.18. The number of rotatable bonds is 13. The van der Waals surface area contributed by atoms with Gasteiger partial charge in [0.1, 0.15) is 17.7 Å². The number of nitrogens with one attached hydrogen (secondary N) is 1. The van der Waals surface area contributed by atoms with Crippen molar-refractivity contribution >= 4 is 29.3 Å². The number of amides is 1. The van der Waals surface area contributed by atoms with Crippen molar-refractivity contribution in [2.75, 3.05) is 64.1 Å². The molecule has 0 bridgehead atoms. The largest absolute Gasteiger partial charge is 0.490 e. The van der Waals surface area contributed by atoms with E-state index in [-0.39, 0.29) is 35.1 Å². The second-order valence-corrected chi connectivity index (χ2v) is 10.4. The van der Waals surface area contributed by atoms with Gasteiger partial charge in [-0.1, -0.05) is 37.6 Å². The van der Waals surface area contributed by atoms with Crippen LogP contribution in [-0.2, 0) is 20.8 Å². The van der Waals surface area contributed by atoms with E-state index in [0.29, 0.717) is 31.8 Å². The van der Waals surface area contributed by atoms with Gasteiger partial charge in [0.15, 0.2) is 5.82 Å². The Labute approximate surface area is 247 Å². The third kappa shape index (κ3) is 10.4. The number of hydrazine groups is 1. The van der Waals surface area contributed by atoms with Crippen molar-refractivity contribution in [3.05, 3.63) is 52.4 Å². The Bertz CT molecular complexity index is 1230. The normalized spacial score (nSPS) is 14.4. The summed E-state index contributed by atoms with van der Waals surface area (Å²) in [7, 11) is 0. The van der Waals surface area contributed by atoms with E-state index in [1.54, 1.807) is 12.1 Å². The molecule has 0 saturated carbocycles. The van der Waals surface area contributed by atoms with Crippen molar-refractivity contribution in [2.24, 2.45) is 5.92 Å². The van der Waals surface area contributed by atoms with Gasteiger partial charge in [-0.05, 0) is 23.6 Å². The Morgan fingerprint density at radius 3 is 2.40 bits per heavy atom.